The number of hydrogen-bond donors (Lipinski definition) is 4. The molecule has 3 rings (SSSR count). The molecule has 1 saturated heterocycles. The summed E-state index contributed by atoms with van der Waals surface area (Å²) in [4.78, 5) is 19.2. The van der Waals surface area contributed by atoms with Gasteiger partial charge in [-0.15, -0.1) is 11.3 Å². The van der Waals surface area contributed by atoms with Crippen LogP contribution in [-0.2, 0) is 4.79 Å². The third-order valence-corrected chi connectivity index (χ3v) is 6.94. The molecular weight excluding hydrogens is 410 g/mol. The van der Waals surface area contributed by atoms with Crippen molar-refractivity contribution in [1.29, 1.82) is 0 Å². The topological polar surface area (TPSA) is 103 Å². The van der Waals surface area contributed by atoms with Crippen LogP contribution in [-0.4, -0.2) is 61.1 Å². The number of nitrogens with zero attached hydrogens (tertiary/aromatic N) is 2. The van der Waals surface area contributed by atoms with Gasteiger partial charge >= 0.3 is 0 Å². The fourth-order valence-electron chi connectivity index (χ4n) is 3.88. The maximum absolute atomic E-state index is 11.3. The molecule has 0 radical (unpaired) electrons. The summed E-state index contributed by atoms with van der Waals surface area (Å²) in [5.74, 6) is 0.640. The molecule has 1 aliphatic rings. The van der Waals surface area contributed by atoms with Crippen LogP contribution in [0.15, 0.2) is 35.3 Å². The van der Waals surface area contributed by atoms with Gasteiger partial charge in [-0.2, -0.15) is 0 Å². The lowest BCUT2D eigenvalue weighted by Crippen LogP contribution is -2.40. The fraction of sp³-hybridized carbons (Fsp3) is 0.565. The number of amides is 1. The Labute approximate surface area is 188 Å². The Bertz CT molecular complexity index is 828. The van der Waals surface area contributed by atoms with Crippen molar-refractivity contribution in [3.63, 3.8) is 0 Å². The Balaban J connectivity index is 1.38. The number of aliphatic hydroxyl groups excluding tert-OH is 1. The number of rotatable bonds is 10. The Hall–Kier alpha value is -2.16. The molecule has 0 bridgehead atoms. The van der Waals surface area contributed by atoms with E-state index in [0.717, 1.165) is 74.6 Å². The first kappa shape index (κ1) is 23.5. The van der Waals surface area contributed by atoms with Crippen molar-refractivity contribution in [3.8, 4) is 0 Å². The third-order valence-electron chi connectivity index (χ3n) is 5.72. The van der Waals surface area contributed by atoms with Gasteiger partial charge in [0.05, 0.1) is 6.54 Å². The van der Waals surface area contributed by atoms with Crippen LogP contribution in [0.25, 0.3) is 10.1 Å². The highest BCUT2D eigenvalue weighted by Gasteiger charge is 2.22. The van der Waals surface area contributed by atoms with Crippen molar-refractivity contribution in [2.45, 2.75) is 38.7 Å². The maximum atomic E-state index is 11.3. The molecule has 2 heterocycles. The SMILES string of the molecule is CCNC(=NCC(O)c1cc2ccccc2s1)NCCCCN1CCC(C(N)=O)CC1. The Morgan fingerprint density at radius 1 is 1.29 bits per heavy atom. The summed E-state index contributed by atoms with van der Waals surface area (Å²) in [5, 5.41) is 18.3. The largest absolute Gasteiger partial charge is 0.386 e. The summed E-state index contributed by atoms with van der Waals surface area (Å²) < 4.78 is 1.18. The Morgan fingerprint density at radius 3 is 2.77 bits per heavy atom. The van der Waals surface area contributed by atoms with Crippen LogP contribution in [0.3, 0.4) is 0 Å². The Kier molecular flexibility index (Phi) is 9.12. The standard InChI is InChI=1S/C23H35N5O2S/c1-2-25-23(26-11-5-6-12-28-13-9-17(10-14-28)22(24)30)27-16-19(29)21-15-18-7-3-4-8-20(18)31-21/h3-4,7-8,15,17,19,29H,2,5-6,9-14,16H2,1H3,(H2,24,30)(H2,25,26,27). The molecule has 1 aliphatic heterocycles. The van der Waals surface area contributed by atoms with Gasteiger partial charge in [-0.3, -0.25) is 9.79 Å². The van der Waals surface area contributed by atoms with Crippen molar-refractivity contribution in [2.24, 2.45) is 16.6 Å². The molecular formula is C23H35N5O2S. The second kappa shape index (κ2) is 12.0. The van der Waals surface area contributed by atoms with Gasteiger partial charge in [-0.1, -0.05) is 18.2 Å². The Morgan fingerprint density at radius 2 is 2.06 bits per heavy atom. The lowest BCUT2D eigenvalue weighted by Gasteiger charge is -2.30. The molecule has 0 aliphatic carbocycles. The van der Waals surface area contributed by atoms with E-state index in [0.29, 0.717) is 6.54 Å². The zero-order valence-electron chi connectivity index (χ0n) is 18.3. The van der Waals surface area contributed by atoms with Crippen molar-refractivity contribution >= 4 is 33.3 Å². The minimum Gasteiger partial charge on any atom is -0.386 e. The second-order valence-corrected chi connectivity index (χ2v) is 9.19. The van der Waals surface area contributed by atoms with Crippen molar-refractivity contribution < 1.29 is 9.90 Å². The van der Waals surface area contributed by atoms with Crippen LogP contribution in [0.5, 0.6) is 0 Å². The van der Waals surface area contributed by atoms with Crippen LogP contribution >= 0.6 is 11.3 Å². The van der Waals surface area contributed by atoms with Gasteiger partial charge < -0.3 is 26.4 Å². The normalized spacial score (nSPS) is 17.0. The molecule has 170 valence electrons. The van der Waals surface area contributed by atoms with Crippen LogP contribution in [0.2, 0.25) is 0 Å². The van der Waals surface area contributed by atoms with Gasteiger partial charge in [-0.25, -0.2) is 0 Å². The molecule has 1 atom stereocenters. The number of thiophene rings is 1. The minimum atomic E-state index is -0.601. The zero-order valence-corrected chi connectivity index (χ0v) is 19.2. The quantitative estimate of drug-likeness (QED) is 0.256. The molecule has 8 heteroatoms. The number of aliphatic hydroxyl groups is 1. The number of fused-ring (bicyclic) bond motifs is 1. The highest BCUT2D eigenvalue weighted by atomic mass is 32.1. The van der Waals surface area contributed by atoms with E-state index in [2.05, 4.69) is 32.7 Å². The molecule has 2 aromatic rings. The highest BCUT2D eigenvalue weighted by molar-refractivity contribution is 7.19. The number of piperidine rings is 1. The third kappa shape index (κ3) is 7.19. The molecule has 1 fully saturated rings. The second-order valence-electron chi connectivity index (χ2n) is 8.07. The van der Waals surface area contributed by atoms with E-state index in [1.165, 1.54) is 4.70 Å². The fourth-order valence-corrected chi connectivity index (χ4v) is 4.93. The van der Waals surface area contributed by atoms with E-state index < -0.39 is 6.10 Å². The van der Waals surface area contributed by atoms with Crippen molar-refractivity contribution in [2.75, 3.05) is 39.3 Å². The monoisotopic (exact) mass is 445 g/mol. The molecule has 0 saturated carbocycles. The van der Waals surface area contributed by atoms with Crippen molar-refractivity contribution in [1.82, 2.24) is 15.5 Å². The molecule has 1 aromatic carbocycles. The summed E-state index contributed by atoms with van der Waals surface area (Å²) in [6, 6.07) is 10.2. The molecule has 5 N–H and O–H groups in total. The predicted octanol–water partition coefficient (Wildman–Crippen LogP) is 2.47. The number of carbonyl (C=O) groups is 1. The minimum absolute atomic E-state index is 0.0553. The van der Waals surface area contributed by atoms with Gasteiger partial charge in [0.15, 0.2) is 5.96 Å². The van der Waals surface area contributed by atoms with Crippen LogP contribution in [0.1, 0.15) is 43.6 Å². The average molecular weight is 446 g/mol. The van der Waals surface area contributed by atoms with E-state index in [1.807, 2.05) is 25.1 Å². The number of nitrogens with two attached hydrogens (primary N) is 1. The molecule has 1 amide bonds. The number of aliphatic imine (C=N–C) groups is 1. The molecule has 1 unspecified atom stereocenters. The molecule has 31 heavy (non-hydrogen) atoms. The number of guanidine groups is 1. The number of hydrogen-bond acceptors (Lipinski definition) is 5. The number of nitrogens with one attached hydrogen (secondary N) is 2. The molecule has 1 aromatic heterocycles. The first-order valence-corrected chi connectivity index (χ1v) is 12.1. The van der Waals surface area contributed by atoms with Gasteiger partial charge in [-0.05, 0) is 69.8 Å². The van der Waals surface area contributed by atoms with E-state index in [-0.39, 0.29) is 11.8 Å². The van der Waals surface area contributed by atoms with Crippen LogP contribution in [0.4, 0.5) is 0 Å². The van der Waals surface area contributed by atoms with Gasteiger partial charge in [0, 0.05) is 28.6 Å². The summed E-state index contributed by atoms with van der Waals surface area (Å²) in [6.07, 6.45) is 3.30. The van der Waals surface area contributed by atoms with Crippen molar-refractivity contribution in [3.05, 3.63) is 35.2 Å². The van der Waals surface area contributed by atoms with E-state index in [1.54, 1.807) is 11.3 Å². The van der Waals surface area contributed by atoms with E-state index in [9.17, 15) is 9.90 Å². The van der Waals surface area contributed by atoms with Crippen LogP contribution < -0.4 is 16.4 Å². The number of likely N-dealkylation sites (tertiary alicyclic amines) is 1. The van der Waals surface area contributed by atoms with Gasteiger partial charge in [0.1, 0.15) is 6.10 Å². The summed E-state index contributed by atoms with van der Waals surface area (Å²) in [7, 11) is 0. The smallest absolute Gasteiger partial charge is 0.220 e. The number of unbranched alkanes of at least 4 members (excludes halogenated alkanes) is 1. The van der Waals surface area contributed by atoms with Crippen LogP contribution in [0, 0.1) is 5.92 Å². The van der Waals surface area contributed by atoms with E-state index in [4.69, 9.17) is 5.73 Å². The molecule has 7 nitrogen and oxygen atoms in total. The lowest BCUT2D eigenvalue weighted by molar-refractivity contribution is -0.123. The molecule has 0 spiro atoms. The predicted molar refractivity (Wildman–Crippen MR) is 128 cm³/mol. The summed E-state index contributed by atoms with van der Waals surface area (Å²) in [5.41, 5.74) is 5.40. The first-order valence-electron chi connectivity index (χ1n) is 11.3. The summed E-state index contributed by atoms with van der Waals surface area (Å²) in [6.45, 7) is 6.95. The van der Waals surface area contributed by atoms with Gasteiger partial charge in [0.2, 0.25) is 5.91 Å². The van der Waals surface area contributed by atoms with E-state index >= 15 is 0 Å². The zero-order chi connectivity index (χ0) is 22.1. The number of benzene rings is 1. The summed E-state index contributed by atoms with van der Waals surface area (Å²) >= 11 is 1.62. The maximum Gasteiger partial charge on any atom is 0.220 e. The number of carbonyl (C=O) groups excluding carboxylic acids is 1. The average Bonchev–Trinajstić information content (AvgIpc) is 3.21. The highest BCUT2D eigenvalue weighted by Crippen LogP contribution is 2.29. The lowest BCUT2D eigenvalue weighted by atomic mass is 9.96. The number of primary amides is 1. The van der Waals surface area contributed by atoms with Gasteiger partial charge in [0.25, 0.3) is 0 Å². The first-order chi connectivity index (χ1) is 15.1.